The molecule has 0 N–H and O–H groups in total. The molecule has 0 spiro atoms. The molecular weight excluding hydrogens is 579 g/mol. The lowest BCUT2D eigenvalue weighted by Crippen LogP contribution is -2.10. The van der Waals surface area contributed by atoms with Crippen molar-refractivity contribution in [2.75, 3.05) is 4.90 Å². The first kappa shape index (κ1) is 32.0. The van der Waals surface area contributed by atoms with Gasteiger partial charge in [-0.25, -0.2) is 0 Å². The molecule has 0 heterocycles. The van der Waals surface area contributed by atoms with E-state index in [-0.39, 0.29) is 0 Å². The summed E-state index contributed by atoms with van der Waals surface area (Å²) in [5, 5.41) is 5.17. The van der Waals surface area contributed by atoms with Gasteiger partial charge in [0.05, 0.1) is 5.69 Å². The molecule has 0 unspecified atom stereocenters. The predicted molar refractivity (Wildman–Crippen MR) is 209 cm³/mol. The molecule has 8 rings (SSSR count). The summed E-state index contributed by atoms with van der Waals surface area (Å²) in [5.74, 6) is 0. The van der Waals surface area contributed by atoms with Crippen LogP contribution in [0.5, 0.6) is 0 Å². The van der Waals surface area contributed by atoms with E-state index in [2.05, 4.69) is 202 Å². The Labute approximate surface area is 285 Å². The van der Waals surface area contributed by atoms with E-state index in [1.807, 2.05) is 18.2 Å². The van der Waals surface area contributed by atoms with Gasteiger partial charge >= 0.3 is 0 Å². The van der Waals surface area contributed by atoms with Crippen molar-refractivity contribution in [1.29, 1.82) is 0 Å². The molecule has 0 fully saturated rings. The lowest BCUT2D eigenvalue weighted by Gasteiger charge is -2.27. The van der Waals surface area contributed by atoms with Crippen LogP contribution in [0.4, 0.5) is 17.1 Å². The van der Waals surface area contributed by atoms with Crippen molar-refractivity contribution in [2.45, 2.75) is 20.8 Å². The fraction of sp³-hybridized carbons (Fsp3) is 0.0638. The van der Waals surface area contributed by atoms with Gasteiger partial charge in [-0.3, -0.25) is 0 Å². The molecule has 0 saturated carbocycles. The van der Waals surface area contributed by atoms with Crippen LogP contribution in [-0.4, -0.2) is 0 Å². The van der Waals surface area contributed by atoms with Crippen LogP contribution in [0.25, 0.3) is 32.7 Å². The number of benzene rings is 8. The molecular formula is C47H41N. The summed E-state index contributed by atoms with van der Waals surface area (Å²) in [7, 11) is 0. The maximum Gasteiger partial charge on any atom is 0.0540 e. The van der Waals surface area contributed by atoms with Crippen LogP contribution >= 0.6 is 0 Å². The van der Waals surface area contributed by atoms with Crippen molar-refractivity contribution in [3.8, 4) is 11.1 Å². The predicted octanol–water partition coefficient (Wildman–Crippen LogP) is 13.4. The van der Waals surface area contributed by atoms with E-state index < -0.39 is 0 Å². The molecule has 0 bridgehead atoms. The van der Waals surface area contributed by atoms with Crippen LogP contribution in [0, 0.1) is 20.8 Å². The van der Waals surface area contributed by atoms with Gasteiger partial charge in [0.2, 0.25) is 0 Å². The van der Waals surface area contributed by atoms with Crippen LogP contribution in [-0.2, 0) is 0 Å². The molecule has 1 heteroatoms. The summed E-state index contributed by atoms with van der Waals surface area (Å²) in [6, 6.07) is 68.3. The normalized spacial score (nSPS) is 10.4. The quantitative estimate of drug-likeness (QED) is 0.189. The first-order valence-electron chi connectivity index (χ1n) is 16.5. The Kier molecular flexibility index (Phi) is 10.4. The van der Waals surface area contributed by atoms with E-state index in [0.29, 0.717) is 0 Å². The minimum Gasteiger partial charge on any atom is -0.310 e. The van der Waals surface area contributed by atoms with Crippen molar-refractivity contribution in [3.63, 3.8) is 0 Å². The number of para-hydroxylation sites is 1. The van der Waals surface area contributed by atoms with Crippen LogP contribution in [0.1, 0.15) is 16.7 Å². The van der Waals surface area contributed by atoms with E-state index in [1.165, 1.54) is 55.0 Å². The largest absolute Gasteiger partial charge is 0.310 e. The molecule has 0 amide bonds. The number of anilines is 3. The highest BCUT2D eigenvalue weighted by atomic mass is 15.1. The third kappa shape index (κ3) is 7.89. The molecule has 48 heavy (non-hydrogen) atoms. The molecule has 0 aromatic heterocycles. The zero-order valence-corrected chi connectivity index (χ0v) is 27.9. The topological polar surface area (TPSA) is 3.24 Å². The van der Waals surface area contributed by atoms with Gasteiger partial charge in [0.1, 0.15) is 0 Å². The minimum atomic E-state index is 1.15. The van der Waals surface area contributed by atoms with Gasteiger partial charge in [0.15, 0.2) is 0 Å². The first-order chi connectivity index (χ1) is 23.6. The van der Waals surface area contributed by atoms with Crippen molar-refractivity contribution in [3.05, 3.63) is 211 Å². The third-order valence-electron chi connectivity index (χ3n) is 8.48. The van der Waals surface area contributed by atoms with E-state index >= 15 is 0 Å². The van der Waals surface area contributed by atoms with Crippen molar-refractivity contribution >= 4 is 38.6 Å². The molecule has 0 atom stereocenters. The van der Waals surface area contributed by atoms with Gasteiger partial charge in [-0.1, -0.05) is 175 Å². The standard InChI is InChI=1S/C29H23N.C11H10.C7H8/c1-22-14-16-23(17-15-22)24-18-20-27(21-19-24)30(26-10-3-2-4-11-26)29-13-7-9-25-8-5-6-12-28(25)29;1-9-5-4-7-10-6-2-3-8-11(9)10;1-7-5-3-2-4-6-7/h2-21H,1H3;2-8H,1H3;2-6H,1H3. The number of hydrogen-bond donors (Lipinski definition) is 0. The summed E-state index contributed by atoms with van der Waals surface area (Å²) < 4.78 is 0. The number of rotatable bonds is 4. The SMILES string of the molecule is Cc1ccc(-c2ccc(N(c3ccccc3)c3cccc4ccccc34)cc2)cc1.Cc1cccc2ccccc12.Cc1ccccc1. The van der Waals surface area contributed by atoms with E-state index in [0.717, 1.165) is 11.4 Å². The fourth-order valence-corrected chi connectivity index (χ4v) is 5.88. The smallest absolute Gasteiger partial charge is 0.0540 e. The number of aryl methyl sites for hydroxylation is 3. The third-order valence-corrected chi connectivity index (χ3v) is 8.48. The minimum absolute atomic E-state index is 1.15. The van der Waals surface area contributed by atoms with E-state index in [9.17, 15) is 0 Å². The van der Waals surface area contributed by atoms with E-state index in [4.69, 9.17) is 0 Å². The van der Waals surface area contributed by atoms with Gasteiger partial charge in [0, 0.05) is 16.8 Å². The summed E-state index contributed by atoms with van der Waals surface area (Å²) in [4.78, 5) is 2.33. The Bertz CT molecular complexity index is 2170. The Morgan fingerprint density at radius 2 is 0.750 bits per heavy atom. The first-order valence-corrected chi connectivity index (χ1v) is 16.5. The number of hydrogen-bond acceptors (Lipinski definition) is 1. The summed E-state index contributed by atoms with van der Waals surface area (Å²) in [6.45, 7) is 6.34. The molecule has 234 valence electrons. The van der Waals surface area contributed by atoms with E-state index in [1.54, 1.807) is 0 Å². The van der Waals surface area contributed by atoms with Crippen LogP contribution in [0.3, 0.4) is 0 Å². The highest BCUT2D eigenvalue weighted by Gasteiger charge is 2.15. The maximum absolute atomic E-state index is 2.33. The second kappa shape index (κ2) is 15.6. The lowest BCUT2D eigenvalue weighted by atomic mass is 10.0. The van der Waals surface area contributed by atoms with Gasteiger partial charge in [-0.05, 0) is 84.0 Å². The highest BCUT2D eigenvalue weighted by molar-refractivity contribution is 5.99. The average molecular weight is 620 g/mol. The molecule has 0 radical (unpaired) electrons. The van der Waals surface area contributed by atoms with Crippen LogP contribution < -0.4 is 4.90 Å². The van der Waals surface area contributed by atoms with Crippen LogP contribution in [0.15, 0.2) is 194 Å². The zero-order valence-electron chi connectivity index (χ0n) is 27.9. The summed E-state index contributed by atoms with van der Waals surface area (Å²) >= 11 is 0. The number of fused-ring (bicyclic) bond motifs is 2. The van der Waals surface area contributed by atoms with Gasteiger partial charge in [-0.2, -0.15) is 0 Å². The van der Waals surface area contributed by atoms with Crippen molar-refractivity contribution < 1.29 is 0 Å². The average Bonchev–Trinajstić information content (AvgIpc) is 3.14. The maximum atomic E-state index is 2.33. The monoisotopic (exact) mass is 619 g/mol. The Balaban J connectivity index is 0.000000180. The molecule has 0 saturated heterocycles. The van der Waals surface area contributed by atoms with Gasteiger partial charge < -0.3 is 4.90 Å². The summed E-state index contributed by atoms with van der Waals surface area (Å²) in [6.07, 6.45) is 0. The Hall–Kier alpha value is -5.92. The van der Waals surface area contributed by atoms with Gasteiger partial charge in [0.25, 0.3) is 0 Å². The zero-order chi connectivity index (χ0) is 33.1. The molecule has 8 aromatic rings. The van der Waals surface area contributed by atoms with Crippen LogP contribution in [0.2, 0.25) is 0 Å². The van der Waals surface area contributed by atoms with Crippen molar-refractivity contribution in [2.24, 2.45) is 0 Å². The summed E-state index contributed by atoms with van der Waals surface area (Å²) in [5.41, 5.74) is 9.90. The van der Waals surface area contributed by atoms with Crippen molar-refractivity contribution in [1.82, 2.24) is 0 Å². The second-order valence-electron chi connectivity index (χ2n) is 12.0. The van der Waals surface area contributed by atoms with Gasteiger partial charge in [-0.15, -0.1) is 0 Å². The second-order valence-corrected chi connectivity index (χ2v) is 12.0. The molecule has 0 aliphatic heterocycles. The molecule has 8 aromatic carbocycles. The molecule has 0 aliphatic rings. The lowest BCUT2D eigenvalue weighted by molar-refractivity contribution is 1.30. The Morgan fingerprint density at radius 1 is 0.312 bits per heavy atom. The number of nitrogens with zero attached hydrogens (tertiary/aromatic N) is 1. The Morgan fingerprint density at radius 3 is 1.33 bits per heavy atom. The molecule has 1 nitrogen and oxygen atoms in total. The molecule has 0 aliphatic carbocycles. The highest BCUT2D eigenvalue weighted by Crippen LogP contribution is 2.39. The fourth-order valence-electron chi connectivity index (χ4n) is 5.88.